The molecule has 0 aromatic heterocycles. The van der Waals surface area contributed by atoms with Gasteiger partial charge in [0.1, 0.15) is 0 Å². The first-order valence-corrected chi connectivity index (χ1v) is 5.74. The molecular weight excluding hydrogens is 186 g/mol. The van der Waals surface area contributed by atoms with Gasteiger partial charge in [-0.1, -0.05) is 0 Å². The zero-order valence-corrected chi connectivity index (χ0v) is 8.85. The third-order valence-corrected chi connectivity index (χ3v) is 3.64. The lowest BCUT2D eigenvalue weighted by molar-refractivity contribution is 0.0197. The number of rotatable bonds is 2. The Hall–Kier alpha value is 0.210. The maximum Gasteiger partial charge on any atom is 0.0471 e. The second-order valence-corrected chi connectivity index (χ2v) is 4.71. The van der Waals surface area contributed by atoms with E-state index in [1.807, 2.05) is 0 Å². The fourth-order valence-corrected chi connectivity index (χ4v) is 2.79. The summed E-state index contributed by atoms with van der Waals surface area (Å²) in [6.07, 6.45) is 3.87. The molecule has 2 heterocycles. The third kappa shape index (κ3) is 2.17. The van der Waals surface area contributed by atoms with Gasteiger partial charge in [-0.3, -0.25) is 0 Å². The lowest BCUT2D eigenvalue weighted by atomic mass is 9.80. The lowest BCUT2D eigenvalue weighted by Crippen LogP contribution is -2.33. The van der Waals surface area contributed by atoms with E-state index in [2.05, 4.69) is 4.90 Å². The van der Waals surface area contributed by atoms with Crippen LogP contribution >= 0.6 is 11.6 Å². The van der Waals surface area contributed by atoms with Crippen LogP contribution in [0.2, 0.25) is 0 Å². The first-order chi connectivity index (χ1) is 6.35. The third-order valence-electron chi connectivity index (χ3n) is 3.47. The van der Waals surface area contributed by atoms with Crippen molar-refractivity contribution in [3.8, 4) is 0 Å². The predicted octanol–water partition coefficient (Wildman–Crippen LogP) is 1.73. The van der Waals surface area contributed by atoms with Crippen molar-refractivity contribution in [2.45, 2.75) is 19.3 Å². The minimum Gasteiger partial charge on any atom is -0.381 e. The summed E-state index contributed by atoms with van der Waals surface area (Å²) < 4.78 is 5.41. The van der Waals surface area contributed by atoms with Gasteiger partial charge in [0, 0.05) is 32.2 Å². The van der Waals surface area contributed by atoms with E-state index in [4.69, 9.17) is 16.3 Å². The van der Waals surface area contributed by atoms with Crippen molar-refractivity contribution >= 4 is 11.6 Å². The van der Waals surface area contributed by atoms with E-state index in [-0.39, 0.29) is 0 Å². The summed E-state index contributed by atoms with van der Waals surface area (Å²) in [4.78, 5) is 2.50. The summed E-state index contributed by atoms with van der Waals surface area (Å²) in [6, 6.07) is 0. The van der Waals surface area contributed by atoms with Gasteiger partial charge in [0.15, 0.2) is 0 Å². The van der Waals surface area contributed by atoms with Crippen molar-refractivity contribution in [1.82, 2.24) is 4.90 Å². The highest BCUT2D eigenvalue weighted by Crippen LogP contribution is 2.39. The van der Waals surface area contributed by atoms with Crippen LogP contribution in [0.4, 0.5) is 0 Å². The minimum absolute atomic E-state index is 0.588. The lowest BCUT2D eigenvalue weighted by Gasteiger charge is -2.33. The molecule has 2 rings (SSSR count). The summed E-state index contributed by atoms with van der Waals surface area (Å²) in [5.74, 6) is 0.770. The van der Waals surface area contributed by atoms with Crippen molar-refractivity contribution in [3.05, 3.63) is 0 Å². The van der Waals surface area contributed by atoms with Gasteiger partial charge in [0.25, 0.3) is 0 Å². The Bertz CT molecular complexity index is 168. The van der Waals surface area contributed by atoms with E-state index in [1.54, 1.807) is 0 Å². The molecule has 1 spiro atoms. The van der Waals surface area contributed by atoms with Gasteiger partial charge in [-0.15, -0.1) is 11.6 Å². The smallest absolute Gasteiger partial charge is 0.0471 e. The Balaban J connectivity index is 1.87. The number of halogens is 1. The Labute approximate surface area is 85.2 Å². The van der Waals surface area contributed by atoms with Crippen LogP contribution < -0.4 is 0 Å². The van der Waals surface area contributed by atoms with Crippen LogP contribution in [-0.4, -0.2) is 43.6 Å². The van der Waals surface area contributed by atoms with E-state index in [9.17, 15) is 0 Å². The van der Waals surface area contributed by atoms with Crippen LogP contribution in [-0.2, 0) is 4.74 Å². The SMILES string of the molecule is ClCCN1CCC2(CCOCC2)C1. The zero-order valence-electron chi connectivity index (χ0n) is 8.10. The van der Waals surface area contributed by atoms with Gasteiger partial charge in [-0.05, 0) is 31.2 Å². The Morgan fingerprint density at radius 1 is 1.23 bits per heavy atom. The van der Waals surface area contributed by atoms with Crippen LogP contribution in [0.3, 0.4) is 0 Å². The standard InChI is InChI=1S/C10H18ClNO/c11-4-6-12-5-1-10(9-12)2-7-13-8-3-10/h1-9H2. The van der Waals surface area contributed by atoms with Crippen LogP contribution in [0.25, 0.3) is 0 Å². The van der Waals surface area contributed by atoms with Gasteiger partial charge in [-0.25, -0.2) is 0 Å². The molecule has 0 aromatic rings. The highest BCUT2D eigenvalue weighted by atomic mass is 35.5. The minimum atomic E-state index is 0.588. The topological polar surface area (TPSA) is 12.5 Å². The number of ether oxygens (including phenoxy) is 1. The van der Waals surface area contributed by atoms with Gasteiger partial charge in [-0.2, -0.15) is 0 Å². The highest BCUT2D eigenvalue weighted by Gasteiger charge is 2.38. The van der Waals surface area contributed by atoms with E-state index in [0.29, 0.717) is 5.41 Å². The van der Waals surface area contributed by atoms with E-state index in [0.717, 1.165) is 25.6 Å². The monoisotopic (exact) mass is 203 g/mol. The molecule has 0 atom stereocenters. The molecule has 0 aromatic carbocycles. The van der Waals surface area contributed by atoms with E-state index >= 15 is 0 Å². The summed E-state index contributed by atoms with van der Waals surface area (Å²) in [5, 5.41) is 0. The largest absolute Gasteiger partial charge is 0.381 e. The van der Waals surface area contributed by atoms with Crippen LogP contribution in [0.15, 0.2) is 0 Å². The maximum absolute atomic E-state index is 5.74. The molecule has 2 saturated heterocycles. The maximum atomic E-state index is 5.74. The number of hydrogen-bond donors (Lipinski definition) is 0. The van der Waals surface area contributed by atoms with Crippen molar-refractivity contribution in [3.63, 3.8) is 0 Å². The molecule has 0 bridgehead atoms. The first kappa shape index (κ1) is 9.75. The van der Waals surface area contributed by atoms with Gasteiger partial charge < -0.3 is 9.64 Å². The number of alkyl halides is 1. The molecule has 0 saturated carbocycles. The predicted molar refractivity (Wildman–Crippen MR) is 54.3 cm³/mol. The molecule has 0 aliphatic carbocycles. The van der Waals surface area contributed by atoms with Gasteiger partial charge in [0.2, 0.25) is 0 Å². The molecule has 0 N–H and O–H groups in total. The highest BCUT2D eigenvalue weighted by molar-refractivity contribution is 6.18. The Kier molecular flexibility index (Phi) is 3.12. The van der Waals surface area contributed by atoms with Crippen molar-refractivity contribution < 1.29 is 4.74 Å². The summed E-state index contributed by atoms with van der Waals surface area (Å²) in [6.45, 7) is 5.49. The molecule has 2 aliphatic heterocycles. The summed E-state index contributed by atoms with van der Waals surface area (Å²) in [7, 11) is 0. The fourth-order valence-electron chi connectivity index (χ4n) is 2.55. The van der Waals surface area contributed by atoms with E-state index in [1.165, 1.54) is 32.4 Å². The molecule has 0 radical (unpaired) electrons. The molecule has 76 valence electrons. The van der Waals surface area contributed by atoms with Gasteiger partial charge >= 0.3 is 0 Å². The van der Waals surface area contributed by atoms with Crippen molar-refractivity contribution in [2.75, 3.05) is 38.7 Å². The van der Waals surface area contributed by atoms with Crippen LogP contribution in [0.5, 0.6) is 0 Å². The normalized spacial score (nSPS) is 28.4. The van der Waals surface area contributed by atoms with Gasteiger partial charge in [0.05, 0.1) is 0 Å². The van der Waals surface area contributed by atoms with Crippen LogP contribution in [0.1, 0.15) is 19.3 Å². The number of likely N-dealkylation sites (tertiary alicyclic amines) is 1. The summed E-state index contributed by atoms with van der Waals surface area (Å²) in [5.41, 5.74) is 0.588. The zero-order chi connectivity index (χ0) is 9.15. The number of nitrogens with zero attached hydrogens (tertiary/aromatic N) is 1. The van der Waals surface area contributed by atoms with Crippen molar-refractivity contribution in [2.24, 2.45) is 5.41 Å². The molecule has 3 heteroatoms. The molecule has 13 heavy (non-hydrogen) atoms. The second kappa shape index (κ2) is 4.16. The average Bonchev–Trinajstić information content (AvgIpc) is 2.51. The Morgan fingerprint density at radius 3 is 2.69 bits per heavy atom. The molecule has 0 amide bonds. The quantitative estimate of drug-likeness (QED) is 0.634. The fraction of sp³-hybridized carbons (Fsp3) is 1.00. The molecule has 2 nitrogen and oxygen atoms in total. The van der Waals surface area contributed by atoms with Crippen LogP contribution in [0, 0.1) is 5.41 Å². The molecule has 2 fully saturated rings. The van der Waals surface area contributed by atoms with E-state index < -0.39 is 0 Å². The second-order valence-electron chi connectivity index (χ2n) is 4.33. The first-order valence-electron chi connectivity index (χ1n) is 5.21. The van der Waals surface area contributed by atoms with Crippen molar-refractivity contribution in [1.29, 1.82) is 0 Å². The Morgan fingerprint density at radius 2 is 2.00 bits per heavy atom. The number of hydrogen-bond acceptors (Lipinski definition) is 2. The average molecular weight is 204 g/mol. The molecule has 2 aliphatic rings. The molecule has 0 unspecified atom stereocenters. The summed E-state index contributed by atoms with van der Waals surface area (Å²) >= 11 is 5.74. The molecular formula is C10H18ClNO.